The predicted octanol–water partition coefficient (Wildman–Crippen LogP) is 3.64. The number of rotatable bonds is 4. The van der Waals surface area contributed by atoms with Crippen molar-refractivity contribution in [3.63, 3.8) is 0 Å². The van der Waals surface area contributed by atoms with Gasteiger partial charge in [-0.25, -0.2) is 0 Å². The molecule has 0 saturated heterocycles. The Morgan fingerprint density at radius 1 is 1.30 bits per heavy atom. The van der Waals surface area contributed by atoms with E-state index in [0.717, 1.165) is 12.2 Å². The van der Waals surface area contributed by atoms with Gasteiger partial charge in [0.25, 0.3) is 0 Å². The smallest absolute Gasteiger partial charge is 0.0918 e. The van der Waals surface area contributed by atoms with E-state index >= 15 is 0 Å². The molecule has 0 spiro atoms. The van der Waals surface area contributed by atoms with Crippen molar-refractivity contribution in [1.29, 1.82) is 0 Å². The van der Waals surface area contributed by atoms with Crippen LogP contribution in [-0.4, -0.2) is 16.3 Å². The van der Waals surface area contributed by atoms with Gasteiger partial charge in [-0.2, -0.15) is 5.10 Å². The fourth-order valence-corrected chi connectivity index (χ4v) is 3.45. The van der Waals surface area contributed by atoms with Crippen LogP contribution in [-0.2, 0) is 7.05 Å². The van der Waals surface area contributed by atoms with Crippen LogP contribution in [0.4, 0.5) is 0 Å². The highest BCUT2D eigenvalue weighted by Crippen LogP contribution is 2.31. The molecule has 0 aliphatic heterocycles. The molecule has 1 unspecified atom stereocenters. The molecule has 3 rings (SSSR count). The Kier molecular flexibility index (Phi) is 3.59. The van der Waals surface area contributed by atoms with Gasteiger partial charge in [-0.05, 0) is 36.5 Å². The van der Waals surface area contributed by atoms with Crippen molar-refractivity contribution in [1.82, 2.24) is 15.1 Å². The van der Waals surface area contributed by atoms with Gasteiger partial charge in [-0.15, -0.1) is 11.3 Å². The number of nitrogens with zero attached hydrogens (tertiary/aromatic N) is 2. The fourth-order valence-electron chi connectivity index (χ4n) is 2.71. The monoisotopic (exact) mass is 285 g/mol. The Morgan fingerprint density at radius 2 is 2.10 bits per heavy atom. The van der Waals surface area contributed by atoms with E-state index in [1.54, 1.807) is 11.3 Å². The Morgan fingerprint density at radius 3 is 2.80 bits per heavy atom. The molecule has 3 aromatic rings. The van der Waals surface area contributed by atoms with Gasteiger partial charge in [0.2, 0.25) is 0 Å². The number of para-hydroxylation sites is 1. The molecule has 0 aliphatic carbocycles. The van der Waals surface area contributed by atoms with Crippen LogP contribution in [0.1, 0.15) is 29.1 Å². The number of benzene rings is 1. The zero-order valence-electron chi connectivity index (χ0n) is 12.1. The van der Waals surface area contributed by atoms with Crippen LogP contribution >= 0.6 is 11.3 Å². The SMILES string of the molecule is CCNC(c1ccsc1C)c1nn(C)c2ccccc12. The highest BCUT2D eigenvalue weighted by Gasteiger charge is 2.21. The van der Waals surface area contributed by atoms with E-state index in [1.807, 2.05) is 11.7 Å². The molecule has 104 valence electrons. The molecule has 1 atom stereocenters. The standard InChI is InChI=1S/C16H19N3S/c1-4-17-15(12-9-10-20-11(12)2)16-13-7-5-6-8-14(13)19(3)18-16/h5-10,15,17H,4H2,1-3H3. The Balaban J connectivity index is 2.18. The summed E-state index contributed by atoms with van der Waals surface area (Å²) >= 11 is 1.79. The number of nitrogens with one attached hydrogen (secondary N) is 1. The van der Waals surface area contributed by atoms with Crippen molar-refractivity contribution in [2.24, 2.45) is 7.05 Å². The predicted molar refractivity (Wildman–Crippen MR) is 85.3 cm³/mol. The first-order chi connectivity index (χ1) is 9.72. The molecule has 0 radical (unpaired) electrons. The average Bonchev–Trinajstić information content (AvgIpc) is 3.02. The van der Waals surface area contributed by atoms with Gasteiger partial charge < -0.3 is 5.32 Å². The molecule has 1 N–H and O–H groups in total. The third kappa shape index (κ3) is 2.15. The third-order valence-corrected chi connectivity index (χ3v) is 4.54. The first-order valence-electron chi connectivity index (χ1n) is 6.91. The van der Waals surface area contributed by atoms with Crippen molar-refractivity contribution in [2.75, 3.05) is 6.54 Å². The zero-order chi connectivity index (χ0) is 14.1. The van der Waals surface area contributed by atoms with Crippen LogP contribution in [0.25, 0.3) is 10.9 Å². The van der Waals surface area contributed by atoms with E-state index in [4.69, 9.17) is 5.10 Å². The number of aryl methyl sites for hydroxylation is 2. The van der Waals surface area contributed by atoms with Gasteiger partial charge in [-0.1, -0.05) is 25.1 Å². The van der Waals surface area contributed by atoms with E-state index in [2.05, 4.69) is 54.9 Å². The number of aromatic nitrogens is 2. The molecule has 20 heavy (non-hydrogen) atoms. The second-order valence-corrected chi connectivity index (χ2v) is 6.07. The van der Waals surface area contributed by atoms with Crippen LogP contribution in [0.3, 0.4) is 0 Å². The van der Waals surface area contributed by atoms with Crippen LogP contribution in [0, 0.1) is 6.92 Å². The molecule has 0 bridgehead atoms. The lowest BCUT2D eigenvalue weighted by Gasteiger charge is -2.16. The summed E-state index contributed by atoms with van der Waals surface area (Å²) < 4.78 is 1.97. The van der Waals surface area contributed by atoms with Crippen molar-refractivity contribution in [3.8, 4) is 0 Å². The van der Waals surface area contributed by atoms with Gasteiger partial charge >= 0.3 is 0 Å². The maximum Gasteiger partial charge on any atom is 0.0918 e. The molecule has 2 aromatic heterocycles. The normalized spacial score (nSPS) is 12.9. The van der Waals surface area contributed by atoms with Crippen molar-refractivity contribution < 1.29 is 0 Å². The Bertz CT molecular complexity index is 726. The summed E-state index contributed by atoms with van der Waals surface area (Å²) in [6.45, 7) is 5.24. The highest BCUT2D eigenvalue weighted by molar-refractivity contribution is 7.10. The van der Waals surface area contributed by atoms with Crippen molar-refractivity contribution in [3.05, 3.63) is 51.8 Å². The second-order valence-electron chi connectivity index (χ2n) is 4.95. The van der Waals surface area contributed by atoms with Crippen molar-refractivity contribution >= 4 is 22.2 Å². The lowest BCUT2D eigenvalue weighted by molar-refractivity contribution is 0.603. The largest absolute Gasteiger partial charge is 0.305 e. The van der Waals surface area contributed by atoms with Crippen molar-refractivity contribution in [2.45, 2.75) is 19.9 Å². The lowest BCUT2D eigenvalue weighted by Crippen LogP contribution is -2.23. The fraction of sp³-hybridized carbons (Fsp3) is 0.312. The molecule has 2 heterocycles. The molecule has 0 aliphatic rings. The summed E-state index contributed by atoms with van der Waals surface area (Å²) in [5.74, 6) is 0. The zero-order valence-corrected chi connectivity index (χ0v) is 12.9. The van der Waals surface area contributed by atoms with E-state index in [0.29, 0.717) is 0 Å². The number of thiophene rings is 1. The minimum Gasteiger partial charge on any atom is -0.305 e. The molecule has 1 aromatic carbocycles. The van der Waals surface area contributed by atoms with E-state index in [9.17, 15) is 0 Å². The summed E-state index contributed by atoms with van der Waals surface area (Å²) in [6, 6.07) is 10.8. The first-order valence-corrected chi connectivity index (χ1v) is 7.79. The summed E-state index contributed by atoms with van der Waals surface area (Å²) in [5, 5.41) is 11.7. The molecule has 3 nitrogen and oxygen atoms in total. The van der Waals surface area contributed by atoms with Gasteiger partial charge in [0.05, 0.1) is 17.3 Å². The minimum absolute atomic E-state index is 0.164. The number of hydrogen-bond acceptors (Lipinski definition) is 3. The van der Waals surface area contributed by atoms with Gasteiger partial charge in [0.1, 0.15) is 0 Å². The van der Waals surface area contributed by atoms with Crippen LogP contribution in [0.2, 0.25) is 0 Å². The maximum atomic E-state index is 4.76. The molecule has 0 fully saturated rings. The molecular weight excluding hydrogens is 266 g/mol. The third-order valence-electron chi connectivity index (χ3n) is 3.68. The van der Waals surface area contributed by atoms with Gasteiger partial charge in [-0.3, -0.25) is 4.68 Å². The van der Waals surface area contributed by atoms with E-state index in [1.165, 1.54) is 21.3 Å². The first kappa shape index (κ1) is 13.3. The average molecular weight is 285 g/mol. The Labute approximate surface area is 123 Å². The minimum atomic E-state index is 0.164. The summed E-state index contributed by atoms with van der Waals surface area (Å²) in [7, 11) is 2.01. The Hall–Kier alpha value is -1.65. The molecule has 4 heteroatoms. The highest BCUT2D eigenvalue weighted by atomic mass is 32.1. The number of hydrogen-bond donors (Lipinski definition) is 1. The van der Waals surface area contributed by atoms with Crippen LogP contribution in [0.5, 0.6) is 0 Å². The summed E-state index contributed by atoms with van der Waals surface area (Å²) in [4.78, 5) is 1.35. The number of fused-ring (bicyclic) bond motifs is 1. The lowest BCUT2D eigenvalue weighted by atomic mass is 10.0. The molecular formula is C16H19N3S. The van der Waals surface area contributed by atoms with Crippen LogP contribution in [0.15, 0.2) is 35.7 Å². The second kappa shape index (κ2) is 5.38. The topological polar surface area (TPSA) is 29.9 Å². The summed E-state index contributed by atoms with van der Waals surface area (Å²) in [6.07, 6.45) is 0. The molecule has 0 amide bonds. The van der Waals surface area contributed by atoms with Crippen LogP contribution < -0.4 is 5.32 Å². The van der Waals surface area contributed by atoms with E-state index < -0.39 is 0 Å². The summed E-state index contributed by atoms with van der Waals surface area (Å²) in [5.41, 5.74) is 3.63. The van der Waals surface area contributed by atoms with Gasteiger partial charge in [0, 0.05) is 17.3 Å². The maximum absolute atomic E-state index is 4.76. The molecule has 0 saturated carbocycles. The quantitative estimate of drug-likeness (QED) is 0.793. The van der Waals surface area contributed by atoms with Gasteiger partial charge in [0.15, 0.2) is 0 Å². The van der Waals surface area contributed by atoms with E-state index in [-0.39, 0.29) is 6.04 Å².